The number of hydrogen-bond donors (Lipinski definition) is 1. The van der Waals surface area contributed by atoms with Crippen LogP contribution in [0.4, 0.5) is 18.9 Å². The molecule has 136 valence electrons. The maximum Gasteiger partial charge on any atom is 0.416 e. The van der Waals surface area contributed by atoms with Crippen LogP contribution >= 0.6 is 11.3 Å². The molecule has 4 rings (SSSR count). The van der Waals surface area contributed by atoms with Gasteiger partial charge in [0.15, 0.2) is 0 Å². The fraction of sp³-hybridized carbons (Fsp3) is 0.105. The molecule has 2 heterocycles. The summed E-state index contributed by atoms with van der Waals surface area (Å²) in [6.07, 6.45) is -2.90. The summed E-state index contributed by atoms with van der Waals surface area (Å²) in [5.41, 5.74) is 1.27. The number of benzene rings is 2. The Kier molecular flexibility index (Phi) is 4.49. The van der Waals surface area contributed by atoms with Crippen molar-refractivity contribution in [2.45, 2.75) is 12.7 Å². The maximum absolute atomic E-state index is 12.9. The Bertz CT molecular complexity index is 1080. The molecule has 0 saturated heterocycles. The number of nitrogens with one attached hydrogen (secondary N) is 1. The third-order valence-electron chi connectivity index (χ3n) is 3.99. The second-order valence-corrected chi connectivity index (χ2v) is 6.87. The summed E-state index contributed by atoms with van der Waals surface area (Å²) in [7, 11) is 0. The Hall–Kier alpha value is -3.00. The predicted molar refractivity (Wildman–Crippen MR) is 99.4 cm³/mol. The summed E-state index contributed by atoms with van der Waals surface area (Å²) in [5, 5.41) is 13.8. The first-order chi connectivity index (χ1) is 13.0. The van der Waals surface area contributed by atoms with Crippen molar-refractivity contribution in [2.24, 2.45) is 0 Å². The van der Waals surface area contributed by atoms with E-state index in [4.69, 9.17) is 0 Å². The van der Waals surface area contributed by atoms with E-state index in [-0.39, 0.29) is 5.52 Å². The third kappa shape index (κ3) is 3.75. The van der Waals surface area contributed by atoms with E-state index in [1.54, 1.807) is 6.07 Å². The number of pyridine rings is 1. The molecular formula is C19H13F3N4S. The largest absolute Gasteiger partial charge is 0.416 e. The van der Waals surface area contributed by atoms with E-state index in [0.717, 1.165) is 27.7 Å². The van der Waals surface area contributed by atoms with Gasteiger partial charge in [0, 0.05) is 22.8 Å². The summed E-state index contributed by atoms with van der Waals surface area (Å²) in [5.74, 6) is 0. The highest BCUT2D eigenvalue weighted by Crippen LogP contribution is 2.33. The van der Waals surface area contributed by atoms with Crippen molar-refractivity contribution in [3.63, 3.8) is 0 Å². The first kappa shape index (κ1) is 17.4. The number of rotatable bonds is 4. The smallest absolute Gasteiger partial charge is 0.378 e. The molecule has 0 saturated carbocycles. The minimum absolute atomic E-state index is 0.289. The van der Waals surface area contributed by atoms with Gasteiger partial charge in [0.25, 0.3) is 0 Å². The van der Waals surface area contributed by atoms with Crippen LogP contribution in [0.5, 0.6) is 0 Å². The Balaban J connectivity index is 1.55. The molecule has 0 amide bonds. The lowest BCUT2D eigenvalue weighted by molar-refractivity contribution is -0.137. The number of hydrogen-bond acceptors (Lipinski definition) is 5. The summed E-state index contributed by atoms with van der Waals surface area (Å²) >= 11 is 1.47. The highest BCUT2D eigenvalue weighted by Gasteiger charge is 2.30. The van der Waals surface area contributed by atoms with Gasteiger partial charge < -0.3 is 5.32 Å². The SMILES string of the molecule is FC(F)(F)c1ccc2c(NCc3nnc(-c4ccccc4)s3)ccnc2c1. The van der Waals surface area contributed by atoms with E-state index in [1.165, 1.54) is 23.6 Å². The normalized spacial score (nSPS) is 11.7. The summed E-state index contributed by atoms with van der Waals surface area (Å²) in [4.78, 5) is 4.05. The zero-order chi connectivity index (χ0) is 18.9. The number of aromatic nitrogens is 3. The number of fused-ring (bicyclic) bond motifs is 1. The first-order valence-corrected chi connectivity index (χ1v) is 8.90. The standard InChI is InChI=1S/C19H13F3N4S/c20-19(21,22)13-6-7-14-15(8-9-23-16(14)10-13)24-11-17-25-26-18(27-17)12-4-2-1-3-5-12/h1-10H,11H2,(H,23,24). The molecule has 0 bridgehead atoms. The van der Waals surface area contributed by atoms with E-state index in [0.29, 0.717) is 17.6 Å². The molecule has 0 spiro atoms. The van der Waals surface area contributed by atoms with Gasteiger partial charge in [-0.3, -0.25) is 4.98 Å². The van der Waals surface area contributed by atoms with E-state index in [9.17, 15) is 13.2 Å². The first-order valence-electron chi connectivity index (χ1n) is 8.08. The molecule has 27 heavy (non-hydrogen) atoms. The van der Waals surface area contributed by atoms with Crippen molar-refractivity contribution < 1.29 is 13.2 Å². The van der Waals surface area contributed by atoms with Gasteiger partial charge in [0.1, 0.15) is 10.0 Å². The Morgan fingerprint density at radius 1 is 0.963 bits per heavy atom. The van der Waals surface area contributed by atoms with Crippen LogP contribution in [0.15, 0.2) is 60.8 Å². The van der Waals surface area contributed by atoms with Crippen LogP contribution in [-0.2, 0) is 12.7 Å². The van der Waals surface area contributed by atoms with Crippen LogP contribution in [0.1, 0.15) is 10.6 Å². The average molecular weight is 386 g/mol. The molecule has 0 aliphatic rings. The van der Waals surface area contributed by atoms with Gasteiger partial charge in [-0.1, -0.05) is 47.7 Å². The van der Waals surface area contributed by atoms with E-state index < -0.39 is 11.7 Å². The molecule has 0 aliphatic heterocycles. The fourth-order valence-electron chi connectivity index (χ4n) is 2.67. The van der Waals surface area contributed by atoms with Gasteiger partial charge >= 0.3 is 6.18 Å². The summed E-state index contributed by atoms with van der Waals surface area (Å²) in [6, 6.07) is 15.0. The molecule has 0 fully saturated rings. The van der Waals surface area contributed by atoms with E-state index in [1.807, 2.05) is 30.3 Å². The number of alkyl halides is 3. The molecule has 8 heteroatoms. The average Bonchev–Trinajstić information content (AvgIpc) is 3.15. The van der Waals surface area contributed by atoms with Crippen LogP contribution in [0.3, 0.4) is 0 Å². The zero-order valence-corrected chi connectivity index (χ0v) is 14.7. The van der Waals surface area contributed by atoms with Gasteiger partial charge in [-0.2, -0.15) is 13.2 Å². The topological polar surface area (TPSA) is 50.7 Å². The van der Waals surface area contributed by atoms with Crippen LogP contribution in [-0.4, -0.2) is 15.2 Å². The number of anilines is 1. The lowest BCUT2D eigenvalue weighted by atomic mass is 10.1. The van der Waals surface area contributed by atoms with Gasteiger partial charge in [0.2, 0.25) is 0 Å². The predicted octanol–water partition coefficient (Wildman–Crippen LogP) is 5.38. The molecule has 0 unspecified atom stereocenters. The number of halogens is 3. The second-order valence-electron chi connectivity index (χ2n) is 5.81. The lowest BCUT2D eigenvalue weighted by Crippen LogP contribution is -2.05. The molecule has 0 aliphatic carbocycles. The number of nitrogens with zero attached hydrogens (tertiary/aromatic N) is 3. The Morgan fingerprint density at radius 3 is 2.56 bits per heavy atom. The minimum Gasteiger partial charge on any atom is -0.378 e. The van der Waals surface area contributed by atoms with Gasteiger partial charge in [-0.25, -0.2) is 0 Å². The Labute approximate surface area is 156 Å². The second kappa shape index (κ2) is 6.96. The zero-order valence-electron chi connectivity index (χ0n) is 13.9. The van der Waals surface area contributed by atoms with E-state index in [2.05, 4.69) is 20.5 Å². The summed E-state index contributed by atoms with van der Waals surface area (Å²) < 4.78 is 38.6. The fourth-order valence-corrected chi connectivity index (χ4v) is 3.46. The van der Waals surface area contributed by atoms with Crippen LogP contribution in [0, 0.1) is 0 Å². The van der Waals surface area contributed by atoms with Crippen molar-refractivity contribution in [3.8, 4) is 10.6 Å². The van der Waals surface area contributed by atoms with Crippen LogP contribution in [0.25, 0.3) is 21.5 Å². The Morgan fingerprint density at radius 2 is 1.78 bits per heavy atom. The van der Waals surface area contributed by atoms with Crippen molar-refractivity contribution in [3.05, 3.63) is 71.4 Å². The van der Waals surface area contributed by atoms with Gasteiger partial charge in [-0.15, -0.1) is 10.2 Å². The van der Waals surface area contributed by atoms with Crippen LogP contribution in [0.2, 0.25) is 0 Å². The molecule has 1 N–H and O–H groups in total. The van der Waals surface area contributed by atoms with Crippen molar-refractivity contribution >= 4 is 27.9 Å². The van der Waals surface area contributed by atoms with E-state index >= 15 is 0 Å². The third-order valence-corrected chi connectivity index (χ3v) is 4.96. The van der Waals surface area contributed by atoms with Crippen molar-refractivity contribution in [2.75, 3.05) is 5.32 Å². The molecule has 0 atom stereocenters. The highest BCUT2D eigenvalue weighted by molar-refractivity contribution is 7.14. The monoisotopic (exact) mass is 386 g/mol. The molecule has 0 radical (unpaired) electrons. The lowest BCUT2D eigenvalue weighted by Gasteiger charge is -2.10. The van der Waals surface area contributed by atoms with Crippen molar-refractivity contribution in [1.29, 1.82) is 0 Å². The minimum atomic E-state index is -4.39. The highest BCUT2D eigenvalue weighted by atomic mass is 32.1. The summed E-state index contributed by atoms with van der Waals surface area (Å²) in [6.45, 7) is 0.421. The molecule has 2 aromatic carbocycles. The molecule has 2 aromatic heterocycles. The molecule has 4 nitrogen and oxygen atoms in total. The quantitative estimate of drug-likeness (QED) is 0.511. The van der Waals surface area contributed by atoms with Crippen molar-refractivity contribution in [1.82, 2.24) is 15.2 Å². The van der Waals surface area contributed by atoms with Gasteiger partial charge in [-0.05, 0) is 18.2 Å². The van der Waals surface area contributed by atoms with Gasteiger partial charge in [0.05, 0.1) is 17.6 Å². The maximum atomic E-state index is 12.9. The molecular weight excluding hydrogens is 373 g/mol. The molecule has 4 aromatic rings. The van der Waals surface area contributed by atoms with Crippen LogP contribution < -0.4 is 5.32 Å².